The molecule has 1 fully saturated rings. The number of para-hydroxylation sites is 2. The fourth-order valence-electron chi connectivity index (χ4n) is 3.64. The number of carbonyl (C=O) groups is 2. The average Bonchev–Trinajstić information content (AvgIpc) is 2.72. The Hall–Kier alpha value is -2.41. The zero-order valence-electron chi connectivity index (χ0n) is 17.6. The maximum Gasteiger partial charge on any atom is 0.238 e. The maximum absolute atomic E-state index is 12.6. The molecule has 1 saturated heterocycles. The monoisotopic (exact) mass is 428 g/mol. The van der Waals surface area contributed by atoms with E-state index in [1.165, 1.54) is 0 Å². The van der Waals surface area contributed by atoms with E-state index < -0.39 is 0 Å². The number of benzene rings is 2. The fourth-order valence-corrected chi connectivity index (χ4v) is 3.83. The molecule has 0 aliphatic carbocycles. The van der Waals surface area contributed by atoms with E-state index in [4.69, 9.17) is 11.6 Å². The van der Waals surface area contributed by atoms with Gasteiger partial charge >= 0.3 is 0 Å². The Morgan fingerprint density at radius 1 is 0.900 bits per heavy atom. The lowest BCUT2D eigenvalue weighted by Gasteiger charge is -2.33. The van der Waals surface area contributed by atoms with Gasteiger partial charge in [-0.25, -0.2) is 0 Å². The summed E-state index contributed by atoms with van der Waals surface area (Å²) in [5, 5.41) is 6.47. The summed E-state index contributed by atoms with van der Waals surface area (Å²) in [4.78, 5) is 29.1. The number of amides is 2. The second-order valence-electron chi connectivity index (χ2n) is 7.59. The minimum atomic E-state index is -0.0825. The summed E-state index contributed by atoms with van der Waals surface area (Å²) in [6.45, 7) is 7.77. The Kier molecular flexibility index (Phi) is 7.85. The predicted octanol–water partition coefficient (Wildman–Crippen LogP) is 3.41. The minimum absolute atomic E-state index is 0.00362. The maximum atomic E-state index is 12.6. The standard InChI is InChI=1S/C23H29ClN4O2/c1-3-18-8-6-7-17(2)23(18)26-22(30)16-28-13-11-27(12-14-28)15-21(29)25-20-10-5-4-9-19(20)24/h4-10H,3,11-16H2,1-2H3,(H,25,29)(H,26,30). The highest BCUT2D eigenvalue weighted by molar-refractivity contribution is 6.33. The second-order valence-corrected chi connectivity index (χ2v) is 8.00. The molecule has 6 nitrogen and oxygen atoms in total. The highest BCUT2D eigenvalue weighted by Gasteiger charge is 2.21. The first kappa shape index (κ1) is 22.3. The van der Waals surface area contributed by atoms with E-state index in [2.05, 4.69) is 33.4 Å². The molecule has 1 aliphatic heterocycles. The molecule has 2 aromatic rings. The van der Waals surface area contributed by atoms with E-state index in [0.717, 1.165) is 49.4 Å². The Morgan fingerprint density at radius 3 is 2.10 bits per heavy atom. The van der Waals surface area contributed by atoms with Crippen LogP contribution in [0.5, 0.6) is 0 Å². The molecule has 1 aliphatic rings. The van der Waals surface area contributed by atoms with E-state index in [9.17, 15) is 9.59 Å². The van der Waals surface area contributed by atoms with Crippen molar-refractivity contribution in [3.05, 3.63) is 58.6 Å². The topological polar surface area (TPSA) is 64.7 Å². The van der Waals surface area contributed by atoms with Gasteiger partial charge in [-0.2, -0.15) is 0 Å². The van der Waals surface area contributed by atoms with E-state index in [0.29, 0.717) is 23.8 Å². The summed E-state index contributed by atoms with van der Waals surface area (Å²) in [7, 11) is 0. The highest BCUT2D eigenvalue weighted by Crippen LogP contribution is 2.21. The highest BCUT2D eigenvalue weighted by atomic mass is 35.5. The molecular formula is C23H29ClN4O2. The second kappa shape index (κ2) is 10.6. The van der Waals surface area contributed by atoms with Gasteiger partial charge in [-0.05, 0) is 36.6 Å². The third kappa shape index (κ3) is 6.05. The van der Waals surface area contributed by atoms with Crippen LogP contribution in [0.3, 0.4) is 0 Å². The largest absolute Gasteiger partial charge is 0.324 e. The quantitative estimate of drug-likeness (QED) is 0.709. The number of aryl methyl sites for hydroxylation is 2. The van der Waals surface area contributed by atoms with Crippen molar-refractivity contribution in [3.63, 3.8) is 0 Å². The third-order valence-corrected chi connectivity index (χ3v) is 5.68. The van der Waals surface area contributed by atoms with Gasteiger partial charge in [-0.1, -0.05) is 48.9 Å². The number of piperazine rings is 1. The van der Waals surface area contributed by atoms with Gasteiger partial charge in [0, 0.05) is 31.9 Å². The first-order valence-electron chi connectivity index (χ1n) is 10.3. The van der Waals surface area contributed by atoms with Gasteiger partial charge in [0.15, 0.2) is 0 Å². The summed E-state index contributed by atoms with van der Waals surface area (Å²) in [5.41, 5.74) is 3.79. The number of anilines is 2. The Labute approximate surface area is 183 Å². The molecule has 0 spiro atoms. The normalized spacial score (nSPS) is 15.0. The fraction of sp³-hybridized carbons (Fsp3) is 0.391. The summed E-state index contributed by atoms with van der Waals surface area (Å²) < 4.78 is 0. The number of hydrogen-bond donors (Lipinski definition) is 2. The average molecular weight is 429 g/mol. The summed E-state index contributed by atoms with van der Waals surface area (Å²) >= 11 is 6.09. The molecule has 3 rings (SSSR count). The summed E-state index contributed by atoms with van der Waals surface area (Å²) in [6.07, 6.45) is 0.881. The van der Waals surface area contributed by atoms with Gasteiger partial charge in [0.2, 0.25) is 11.8 Å². The number of nitrogens with zero attached hydrogens (tertiary/aromatic N) is 2. The van der Waals surface area contributed by atoms with Crippen molar-refractivity contribution < 1.29 is 9.59 Å². The molecule has 0 unspecified atom stereocenters. The lowest BCUT2D eigenvalue weighted by atomic mass is 10.1. The first-order valence-corrected chi connectivity index (χ1v) is 10.7. The van der Waals surface area contributed by atoms with Crippen molar-refractivity contribution in [1.82, 2.24) is 9.80 Å². The van der Waals surface area contributed by atoms with Gasteiger partial charge in [0.05, 0.1) is 23.8 Å². The van der Waals surface area contributed by atoms with Crippen molar-refractivity contribution >= 4 is 34.8 Å². The Bertz CT molecular complexity index is 895. The van der Waals surface area contributed by atoms with Crippen molar-refractivity contribution in [3.8, 4) is 0 Å². The van der Waals surface area contributed by atoms with Gasteiger partial charge in [-0.15, -0.1) is 0 Å². The molecule has 2 aromatic carbocycles. The molecule has 1 heterocycles. The number of carbonyl (C=O) groups excluding carboxylic acids is 2. The first-order chi connectivity index (χ1) is 14.5. The molecule has 7 heteroatoms. The molecule has 0 bridgehead atoms. The van der Waals surface area contributed by atoms with Gasteiger partial charge < -0.3 is 10.6 Å². The zero-order chi connectivity index (χ0) is 21.5. The van der Waals surface area contributed by atoms with Gasteiger partial charge in [0.25, 0.3) is 0 Å². The Morgan fingerprint density at radius 2 is 1.50 bits per heavy atom. The predicted molar refractivity (Wildman–Crippen MR) is 122 cm³/mol. The van der Waals surface area contributed by atoms with E-state index >= 15 is 0 Å². The molecule has 2 amide bonds. The molecule has 160 valence electrons. The number of halogens is 1. The molecule has 0 radical (unpaired) electrons. The van der Waals surface area contributed by atoms with Crippen molar-refractivity contribution in [2.45, 2.75) is 20.3 Å². The van der Waals surface area contributed by atoms with Crippen LogP contribution in [0.1, 0.15) is 18.1 Å². The van der Waals surface area contributed by atoms with Crippen molar-refractivity contribution in [2.24, 2.45) is 0 Å². The van der Waals surface area contributed by atoms with Crippen LogP contribution in [0.4, 0.5) is 11.4 Å². The molecule has 2 N–H and O–H groups in total. The molecule has 30 heavy (non-hydrogen) atoms. The van der Waals surface area contributed by atoms with Crippen LogP contribution in [-0.4, -0.2) is 60.9 Å². The van der Waals surface area contributed by atoms with Crippen molar-refractivity contribution in [1.29, 1.82) is 0 Å². The van der Waals surface area contributed by atoms with E-state index in [-0.39, 0.29) is 11.8 Å². The summed E-state index contributed by atoms with van der Waals surface area (Å²) in [5.74, 6) is -0.0788. The van der Waals surface area contributed by atoms with Crippen LogP contribution in [0.25, 0.3) is 0 Å². The van der Waals surface area contributed by atoms with Gasteiger partial charge in [0.1, 0.15) is 0 Å². The van der Waals surface area contributed by atoms with Crippen LogP contribution in [0.15, 0.2) is 42.5 Å². The third-order valence-electron chi connectivity index (χ3n) is 5.35. The van der Waals surface area contributed by atoms with Crippen molar-refractivity contribution in [2.75, 3.05) is 49.9 Å². The zero-order valence-corrected chi connectivity index (χ0v) is 18.3. The molecule has 0 atom stereocenters. The van der Waals surface area contributed by atoms with Crippen LogP contribution >= 0.6 is 11.6 Å². The van der Waals surface area contributed by atoms with Crippen LogP contribution in [-0.2, 0) is 16.0 Å². The number of nitrogens with one attached hydrogen (secondary N) is 2. The van der Waals surface area contributed by atoms with Crippen LogP contribution < -0.4 is 10.6 Å². The van der Waals surface area contributed by atoms with Crippen LogP contribution in [0, 0.1) is 6.92 Å². The van der Waals surface area contributed by atoms with E-state index in [1.807, 2.05) is 31.2 Å². The lowest BCUT2D eigenvalue weighted by Crippen LogP contribution is -2.50. The number of rotatable bonds is 7. The number of hydrogen-bond acceptors (Lipinski definition) is 4. The van der Waals surface area contributed by atoms with Gasteiger partial charge in [-0.3, -0.25) is 19.4 Å². The Balaban J connectivity index is 1.44. The van der Waals surface area contributed by atoms with Crippen LogP contribution in [0.2, 0.25) is 5.02 Å². The SMILES string of the molecule is CCc1cccc(C)c1NC(=O)CN1CCN(CC(=O)Nc2ccccc2Cl)CC1. The van der Waals surface area contributed by atoms with E-state index in [1.54, 1.807) is 12.1 Å². The molecular weight excluding hydrogens is 400 g/mol. The smallest absolute Gasteiger partial charge is 0.238 e. The molecule has 0 aromatic heterocycles. The lowest BCUT2D eigenvalue weighted by molar-refractivity contribution is -0.120. The molecule has 0 saturated carbocycles. The summed E-state index contributed by atoms with van der Waals surface area (Å²) in [6, 6.07) is 13.3. The minimum Gasteiger partial charge on any atom is -0.324 e.